The van der Waals surface area contributed by atoms with Crippen molar-refractivity contribution in [2.24, 2.45) is 5.92 Å². The third-order valence-electron chi connectivity index (χ3n) is 3.32. The fourth-order valence-corrected chi connectivity index (χ4v) is 1.98. The van der Waals surface area contributed by atoms with Crippen LogP contribution in [0.2, 0.25) is 0 Å². The predicted octanol–water partition coefficient (Wildman–Crippen LogP) is 4.66. The fraction of sp³-hybridized carbons (Fsp3) is 0.500. The Morgan fingerprint density at radius 2 is 1.72 bits per heavy atom. The van der Waals surface area contributed by atoms with Gasteiger partial charge in [-0.25, -0.2) is 0 Å². The van der Waals surface area contributed by atoms with Gasteiger partial charge < -0.3 is 10.2 Å². The summed E-state index contributed by atoms with van der Waals surface area (Å²) in [6.07, 6.45) is -3.76. The van der Waals surface area contributed by atoms with E-state index in [1.54, 1.807) is 0 Å². The Balaban J connectivity index is 0.000000547. The number of aliphatic carboxylic acids is 2. The maximum atomic E-state index is 12.3. The van der Waals surface area contributed by atoms with Crippen molar-refractivity contribution in [2.75, 3.05) is 0 Å². The zero-order chi connectivity index (χ0) is 19.8. The maximum absolute atomic E-state index is 12.3. The molecular formula is C16H19Cl2F3O4. The van der Waals surface area contributed by atoms with Crippen molar-refractivity contribution < 1.29 is 33.0 Å². The van der Waals surface area contributed by atoms with Crippen LogP contribution in [0, 0.1) is 5.92 Å². The predicted molar refractivity (Wildman–Crippen MR) is 89.2 cm³/mol. The third-order valence-corrected chi connectivity index (χ3v) is 4.27. The fourth-order valence-electron chi connectivity index (χ4n) is 1.62. The van der Waals surface area contributed by atoms with Gasteiger partial charge in [-0.3, -0.25) is 9.59 Å². The molecule has 1 rings (SSSR count). The van der Waals surface area contributed by atoms with Gasteiger partial charge in [0.2, 0.25) is 0 Å². The molecule has 0 saturated heterocycles. The molecular weight excluding hydrogens is 384 g/mol. The molecule has 1 aromatic rings. The van der Waals surface area contributed by atoms with Crippen LogP contribution >= 0.6 is 23.2 Å². The molecule has 0 spiro atoms. The average Bonchev–Trinajstić information content (AvgIpc) is 2.53. The summed E-state index contributed by atoms with van der Waals surface area (Å²) in [7, 11) is 0. The van der Waals surface area contributed by atoms with Crippen molar-refractivity contribution in [1.82, 2.24) is 0 Å². The summed E-state index contributed by atoms with van der Waals surface area (Å²) in [6, 6.07) is 4.46. The van der Waals surface area contributed by atoms with E-state index < -0.39 is 34.4 Å². The van der Waals surface area contributed by atoms with Crippen molar-refractivity contribution in [3.63, 3.8) is 0 Å². The molecule has 0 aromatic heterocycles. The zero-order valence-electron chi connectivity index (χ0n) is 13.6. The van der Waals surface area contributed by atoms with E-state index in [4.69, 9.17) is 33.4 Å². The minimum absolute atomic E-state index is 0.0594. The second kappa shape index (κ2) is 10.5. The highest BCUT2D eigenvalue weighted by Gasteiger charge is 2.30. The number of halogens is 5. The van der Waals surface area contributed by atoms with E-state index in [1.807, 2.05) is 13.8 Å². The first-order chi connectivity index (χ1) is 11.4. The Bertz CT molecular complexity index is 579. The average molecular weight is 403 g/mol. The third kappa shape index (κ3) is 8.97. The first kappa shape index (κ1) is 23.5. The Morgan fingerprint density at radius 1 is 1.16 bits per heavy atom. The van der Waals surface area contributed by atoms with Crippen LogP contribution < -0.4 is 0 Å². The van der Waals surface area contributed by atoms with Crippen LogP contribution in [0.15, 0.2) is 24.3 Å². The summed E-state index contributed by atoms with van der Waals surface area (Å²) >= 11 is 10.9. The van der Waals surface area contributed by atoms with Gasteiger partial charge in [0, 0.05) is 0 Å². The number of carbonyl (C=O) groups is 2. The molecule has 1 aromatic carbocycles. The molecule has 0 bridgehead atoms. The van der Waals surface area contributed by atoms with E-state index in [0.29, 0.717) is 0 Å². The summed E-state index contributed by atoms with van der Waals surface area (Å²) < 4.78 is 36.9. The van der Waals surface area contributed by atoms with E-state index in [2.05, 4.69) is 0 Å². The number of carboxylic acid groups (broad SMARTS) is 2. The first-order valence-electron chi connectivity index (χ1n) is 7.30. The van der Waals surface area contributed by atoms with Crippen molar-refractivity contribution in [3.8, 4) is 0 Å². The largest absolute Gasteiger partial charge is 0.480 e. The lowest BCUT2D eigenvalue weighted by molar-refractivity contribution is -0.138. The van der Waals surface area contributed by atoms with E-state index in [1.165, 1.54) is 12.1 Å². The second-order valence-electron chi connectivity index (χ2n) is 5.33. The lowest BCUT2D eigenvalue weighted by atomic mass is 10.1. The van der Waals surface area contributed by atoms with Crippen LogP contribution in [0.1, 0.15) is 31.4 Å². The highest BCUT2D eigenvalue weighted by atomic mass is 35.5. The monoisotopic (exact) mass is 402 g/mol. The van der Waals surface area contributed by atoms with Gasteiger partial charge >= 0.3 is 18.1 Å². The molecule has 2 N–H and O–H groups in total. The molecule has 0 aliphatic carbocycles. The van der Waals surface area contributed by atoms with Gasteiger partial charge in [-0.05, 0) is 24.0 Å². The molecule has 0 aliphatic heterocycles. The summed E-state index contributed by atoms with van der Waals surface area (Å²) in [5, 5.41) is 14.9. The van der Waals surface area contributed by atoms with Gasteiger partial charge in [0.1, 0.15) is 10.8 Å². The lowest BCUT2D eigenvalue weighted by Gasteiger charge is -2.09. The van der Waals surface area contributed by atoms with Crippen LogP contribution in [0.5, 0.6) is 0 Å². The standard InChI is InChI=1S/C10H8ClF3O2.C6H11ClO2/c11-8(9(15)16)5-6-2-1-3-7(4-6)10(12,13)14;1-3-4(2)5(7)6(8)9/h1-4,8H,5H2,(H,15,16);4-5H,3H2,1-2H3,(H,8,9)/t;4?,5-/m.0/s1. The van der Waals surface area contributed by atoms with Crippen molar-refractivity contribution in [1.29, 1.82) is 0 Å². The highest BCUT2D eigenvalue weighted by Crippen LogP contribution is 2.29. The molecule has 2 unspecified atom stereocenters. The summed E-state index contributed by atoms with van der Waals surface area (Å²) in [6.45, 7) is 3.74. The van der Waals surface area contributed by atoms with Gasteiger partial charge in [0.15, 0.2) is 0 Å². The minimum Gasteiger partial charge on any atom is -0.480 e. The van der Waals surface area contributed by atoms with Crippen molar-refractivity contribution in [2.45, 2.75) is 43.6 Å². The number of rotatable bonds is 6. The van der Waals surface area contributed by atoms with Crippen LogP contribution in [0.3, 0.4) is 0 Å². The number of carboxylic acids is 2. The molecule has 3 atom stereocenters. The number of benzene rings is 1. The topological polar surface area (TPSA) is 74.6 Å². The normalized spacial score (nSPS) is 14.7. The van der Waals surface area contributed by atoms with Crippen LogP contribution in [-0.4, -0.2) is 32.9 Å². The molecule has 0 fully saturated rings. The van der Waals surface area contributed by atoms with E-state index in [0.717, 1.165) is 18.6 Å². The SMILES string of the molecule is CCC(C)[C@H](Cl)C(=O)O.O=C(O)C(Cl)Cc1cccc(C(F)(F)F)c1. The molecule has 142 valence electrons. The second-order valence-corrected chi connectivity index (χ2v) is 6.33. The van der Waals surface area contributed by atoms with Gasteiger partial charge in [0.25, 0.3) is 0 Å². The zero-order valence-corrected chi connectivity index (χ0v) is 15.1. The maximum Gasteiger partial charge on any atom is 0.416 e. The van der Waals surface area contributed by atoms with Crippen LogP contribution in [0.25, 0.3) is 0 Å². The quantitative estimate of drug-likeness (QED) is 0.678. The van der Waals surface area contributed by atoms with Crippen molar-refractivity contribution >= 4 is 35.1 Å². The van der Waals surface area contributed by atoms with Gasteiger partial charge in [-0.1, -0.05) is 38.5 Å². The van der Waals surface area contributed by atoms with Gasteiger partial charge in [0.05, 0.1) is 5.56 Å². The Labute approximate surface area is 153 Å². The minimum atomic E-state index is -4.43. The highest BCUT2D eigenvalue weighted by molar-refractivity contribution is 6.30. The Morgan fingerprint density at radius 3 is 2.08 bits per heavy atom. The van der Waals surface area contributed by atoms with Crippen LogP contribution in [0.4, 0.5) is 13.2 Å². The van der Waals surface area contributed by atoms with E-state index in [9.17, 15) is 22.8 Å². The van der Waals surface area contributed by atoms with Crippen LogP contribution in [-0.2, 0) is 22.2 Å². The molecule has 0 saturated carbocycles. The first-order valence-corrected chi connectivity index (χ1v) is 8.17. The molecule has 9 heteroatoms. The molecule has 0 radical (unpaired) electrons. The number of hydrogen-bond acceptors (Lipinski definition) is 2. The summed E-state index contributed by atoms with van der Waals surface area (Å²) in [5.74, 6) is -2.12. The summed E-state index contributed by atoms with van der Waals surface area (Å²) in [4.78, 5) is 20.6. The smallest absolute Gasteiger partial charge is 0.416 e. The van der Waals surface area contributed by atoms with E-state index >= 15 is 0 Å². The van der Waals surface area contributed by atoms with Gasteiger partial charge in [-0.2, -0.15) is 13.2 Å². The van der Waals surface area contributed by atoms with E-state index in [-0.39, 0.29) is 17.9 Å². The Hall–Kier alpha value is -1.47. The molecule has 0 aliphatic rings. The van der Waals surface area contributed by atoms with Gasteiger partial charge in [-0.15, -0.1) is 23.2 Å². The van der Waals surface area contributed by atoms with Crippen molar-refractivity contribution in [3.05, 3.63) is 35.4 Å². The molecule has 0 amide bonds. The molecule has 25 heavy (non-hydrogen) atoms. The molecule has 4 nitrogen and oxygen atoms in total. The lowest BCUT2D eigenvalue weighted by Crippen LogP contribution is -2.20. The Kier molecular flexibility index (Phi) is 9.89. The molecule has 0 heterocycles. The number of alkyl halides is 5. The summed E-state index contributed by atoms with van der Waals surface area (Å²) in [5.41, 5.74) is -0.559. The number of hydrogen-bond donors (Lipinski definition) is 2.